The van der Waals surface area contributed by atoms with Crippen LogP contribution in [0.15, 0.2) is 52.2 Å². The summed E-state index contributed by atoms with van der Waals surface area (Å²) in [6, 6.07) is 10.0. The first-order valence-electron chi connectivity index (χ1n) is 11.2. The second kappa shape index (κ2) is 10.5. The number of carbonyl (C=O) groups excluding carboxylic acids is 2. The van der Waals surface area contributed by atoms with E-state index < -0.39 is 0 Å². The van der Waals surface area contributed by atoms with Crippen molar-refractivity contribution in [2.24, 2.45) is 5.92 Å². The lowest BCUT2D eigenvalue weighted by Crippen LogP contribution is -2.38. The summed E-state index contributed by atoms with van der Waals surface area (Å²) >= 11 is 2.58. The molecule has 34 heavy (non-hydrogen) atoms. The van der Waals surface area contributed by atoms with Gasteiger partial charge in [0.2, 0.25) is 5.95 Å². The van der Waals surface area contributed by atoms with Gasteiger partial charge in [-0.2, -0.15) is 11.3 Å². The minimum Gasteiger partial charge on any atom is -0.341 e. The molecule has 0 spiro atoms. The summed E-state index contributed by atoms with van der Waals surface area (Å²) in [7, 11) is 0. The molecule has 174 valence electrons. The Bertz CT molecular complexity index is 1210. The molecule has 8 nitrogen and oxygen atoms in total. The number of thioether (sulfide) groups is 1. The Morgan fingerprint density at radius 2 is 2.03 bits per heavy atom. The minimum absolute atomic E-state index is 0.354. The number of thiophene rings is 1. The van der Waals surface area contributed by atoms with E-state index in [4.69, 9.17) is 4.98 Å². The molecular formula is C24H24N6O2S2. The van der Waals surface area contributed by atoms with Crippen LogP contribution in [0, 0.1) is 5.92 Å². The number of nitrogens with one attached hydrogen (secondary N) is 2. The van der Waals surface area contributed by atoms with Gasteiger partial charge in [-0.25, -0.2) is 9.97 Å². The number of pyridine rings is 1. The number of aromatic nitrogens is 3. The summed E-state index contributed by atoms with van der Waals surface area (Å²) in [5.74, 6) is 0.869. The number of amides is 2. The quantitative estimate of drug-likeness (QED) is 0.479. The molecule has 0 aromatic carbocycles. The summed E-state index contributed by atoms with van der Waals surface area (Å²) in [5, 5.41) is 9.67. The van der Waals surface area contributed by atoms with Crippen molar-refractivity contribution in [2.75, 3.05) is 24.5 Å². The fraction of sp³-hybridized carbons (Fsp3) is 0.292. The number of carbonyl (C=O) groups is 2. The molecule has 2 aliphatic rings. The fourth-order valence-corrected chi connectivity index (χ4v) is 5.36. The van der Waals surface area contributed by atoms with E-state index in [1.165, 1.54) is 5.56 Å². The number of anilines is 1. The van der Waals surface area contributed by atoms with Crippen LogP contribution in [0.3, 0.4) is 0 Å². The molecule has 10 heteroatoms. The lowest BCUT2D eigenvalue weighted by atomic mass is 9.97. The molecule has 3 aromatic heterocycles. The largest absolute Gasteiger partial charge is 0.341 e. The van der Waals surface area contributed by atoms with Gasteiger partial charge in [-0.05, 0) is 72.8 Å². The number of piperidine rings is 1. The van der Waals surface area contributed by atoms with E-state index in [0.717, 1.165) is 62.2 Å². The fourth-order valence-electron chi connectivity index (χ4n) is 4.04. The Balaban J connectivity index is 1.11. The topological polar surface area (TPSA) is 100 Å². The predicted octanol–water partition coefficient (Wildman–Crippen LogP) is 3.93. The number of hydrogen-bond acceptors (Lipinski definition) is 9. The van der Waals surface area contributed by atoms with Crippen LogP contribution in [0.5, 0.6) is 0 Å². The van der Waals surface area contributed by atoms with E-state index in [1.54, 1.807) is 29.7 Å². The average Bonchev–Trinajstić information content (AvgIpc) is 3.50. The highest BCUT2D eigenvalue weighted by Gasteiger charge is 2.25. The van der Waals surface area contributed by atoms with Gasteiger partial charge < -0.3 is 10.2 Å². The van der Waals surface area contributed by atoms with Crippen LogP contribution in [-0.2, 0) is 11.3 Å². The molecule has 5 rings (SSSR count). The van der Waals surface area contributed by atoms with Gasteiger partial charge >= 0.3 is 0 Å². The van der Waals surface area contributed by atoms with E-state index in [-0.39, 0.29) is 11.1 Å². The van der Waals surface area contributed by atoms with E-state index in [9.17, 15) is 9.59 Å². The first-order chi connectivity index (χ1) is 16.6. The Kier molecular flexibility index (Phi) is 6.98. The van der Waals surface area contributed by atoms with Crippen molar-refractivity contribution in [1.29, 1.82) is 0 Å². The van der Waals surface area contributed by atoms with E-state index in [1.807, 2.05) is 0 Å². The van der Waals surface area contributed by atoms with Crippen LogP contribution in [0.4, 0.5) is 10.7 Å². The van der Waals surface area contributed by atoms with Crippen molar-refractivity contribution in [3.8, 4) is 11.3 Å². The van der Waals surface area contributed by atoms with Gasteiger partial charge in [0.15, 0.2) is 0 Å². The average molecular weight is 493 g/mol. The molecule has 3 aromatic rings. The van der Waals surface area contributed by atoms with Gasteiger partial charge in [-0.15, -0.1) is 0 Å². The van der Waals surface area contributed by atoms with Crippen molar-refractivity contribution in [1.82, 2.24) is 25.6 Å². The summed E-state index contributed by atoms with van der Waals surface area (Å²) in [6.07, 6.45) is 5.43. The maximum absolute atomic E-state index is 11.8. The number of nitrogens with zero attached hydrogens (tertiary/aromatic N) is 4. The second-order valence-electron chi connectivity index (χ2n) is 8.22. The zero-order valence-electron chi connectivity index (χ0n) is 18.4. The van der Waals surface area contributed by atoms with Crippen molar-refractivity contribution >= 4 is 46.3 Å². The standard InChI is InChI=1S/C24H24N6O2S2/c31-22-21(34-24(32)29-22)12-18-4-8-26-23(28-18)30-9-5-16(6-10-30)13-25-14-19-2-1-3-20(27-19)17-7-11-33-15-17/h1-4,7-8,11-12,15-16,25H,5-6,9-10,13-14H2,(H,29,31,32)/b21-12+. The lowest BCUT2D eigenvalue weighted by molar-refractivity contribution is -0.115. The minimum atomic E-state index is -0.378. The van der Waals surface area contributed by atoms with E-state index in [2.05, 4.69) is 60.5 Å². The van der Waals surface area contributed by atoms with Crippen molar-refractivity contribution in [2.45, 2.75) is 19.4 Å². The maximum Gasteiger partial charge on any atom is 0.290 e. The van der Waals surface area contributed by atoms with Gasteiger partial charge in [0.05, 0.1) is 22.0 Å². The van der Waals surface area contributed by atoms with Crippen molar-refractivity contribution < 1.29 is 9.59 Å². The Morgan fingerprint density at radius 3 is 2.79 bits per heavy atom. The van der Waals surface area contributed by atoms with Gasteiger partial charge in [-0.1, -0.05) is 6.07 Å². The van der Waals surface area contributed by atoms with Crippen LogP contribution in [0.2, 0.25) is 0 Å². The highest BCUT2D eigenvalue weighted by atomic mass is 32.2. The SMILES string of the molecule is O=C1NC(=O)/C(=C\c2ccnc(N3CCC(CNCc4cccc(-c5ccsc5)n4)CC3)n2)S1. The van der Waals surface area contributed by atoms with Crippen LogP contribution in [0.25, 0.3) is 17.3 Å². The highest BCUT2D eigenvalue weighted by Crippen LogP contribution is 2.26. The molecule has 5 heterocycles. The molecule has 0 atom stereocenters. The maximum atomic E-state index is 11.8. The van der Waals surface area contributed by atoms with Crippen LogP contribution in [-0.4, -0.2) is 45.7 Å². The highest BCUT2D eigenvalue weighted by molar-refractivity contribution is 8.18. The number of imide groups is 1. The second-order valence-corrected chi connectivity index (χ2v) is 10.0. The molecule has 2 fully saturated rings. The summed E-state index contributed by atoms with van der Waals surface area (Å²) in [6.45, 7) is 3.47. The number of hydrogen-bond donors (Lipinski definition) is 2. The van der Waals surface area contributed by atoms with Crippen LogP contribution < -0.4 is 15.5 Å². The third-order valence-corrected chi connectivity index (χ3v) is 7.34. The molecule has 0 radical (unpaired) electrons. The third-order valence-electron chi connectivity index (χ3n) is 5.85. The van der Waals surface area contributed by atoms with Gasteiger partial charge in [0, 0.05) is 36.8 Å². The summed E-state index contributed by atoms with van der Waals surface area (Å²) in [4.78, 5) is 39.4. The van der Waals surface area contributed by atoms with Crippen LogP contribution in [0.1, 0.15) is 24.2 Å². The lowest BCUT2D eigenvalue weighted by Gasteiger charge is -2.32. The smallest absolute Gasteiger partial charge is 0.290 e. The number of rotatable bonds is 7. The van der Waals surface area contributed by atoms with Gasteiger partial charge in [0.1, 0.15) is 0 Å². The molecule has 2 amide bonds. The third kappa shape index (κ3) is 5.52. The molecule has 0 bridgehead atoms. The van der Waals surface area contributed by atoms with Gasteiger partial charge in [-0.3, -0.25) is 19.9 Å². The normalized spacial score (nSPS) is 18.0. The van der Waals surface area contributed by atoms with E-state index in [0.29, 0.717) is 22.5 Å². The van der Waals surface area contributed by atoms with Crippen molar-refractivity contribution in [3.05, 3.63) is 63.6 Å². The van der Waals surface area contributed by atoms with Gasteiger partial charge in [0.25, 0.3) is 11.1 Å². The van der Waals surface area contributed by atoms with E-state index >= 15 is 0 Å². The molecular weight excluding hydrogens is 468 g/mol. The summed E-state index contributed by atoms with van der Waals surface area (Å²) in [5.41, 5.74) is 3.86. The Morgan fingerprint density at radius 1 is 1.15 bits per heavy atom. The van der Waals surface area contributed by atoms with Crippen molar-refractivity contribution in [3.63, 3.8) is 0 Å². The Labute approximate surface area is 205 Å². The molecule has 2 saturated heterocycles. The first kappa shape index (κ1) is 22.7. The Hall–Kier alpha value is -3.08. The molecule has 0 unspecified atom stereocenters. The zero-order valence-corrected chi connectivity index (χ0v) is 20.1. The molecule has 2 aliphatic heterocycles. The summed E-state index contributed by atoms with van der Waals surface area (Å²) < 4.78 is 0. The first-order valence-corrected chi connectivity index (χ1v) is 12.9. The molecule has 0 aliphatic carbocycles. The van der Waals surface area contributed by atoms with Crippen LogP contribution >= 0.6 is 23.1 Å². The molecule has 2 N–H and O–H groups in total. The monoisotopic (exact) mass is 492 g/mol. The zero-order chi connectivity index (χ0) is 23.3. The predicted molar refractivity (Wildman–Crippen MR) is 135 cm³/mol. The molecule has 0 saturated carbocycles.